The first-order chi connectivity index (χ1) is 11.4. The molecule has 0 fully saturated rings. The van der Waals surface area contributed by atoms with Crippen LogP contribution in [0.15, 0.2) is 42.5 Å². The lowest BCUT2D eigenvalue weighted by molar-refractivity contribution is 0.00883. The number of allylic oxidation sites excluding steroid dienone is 1. The van der Waals surface area contributed by atoms with Crippen LogP contribution in [-0.2, 0) is 0 Å². The summed E-state index contributed by atoms with van der Waals surface area (Å²) in [5.41, 5.74) is 2.00. The molecule has 1 aromatic carbocycles. The summed E-state index contributed by atoms with van der Waals surface area (Å²) in [4.78, 5) is 0. The van der Waals surface area contributed by atoms with Crippen molar-refractivity contribution >= 4 is 6.08 Å². The highest BCUT2D eigenvalue weighted by molar-refractivity contribution is 5.59. The Morgan fingerprint density at radius 1 is 1.17 bits per heavy atom. The van der Waals surface area contributed by atoms with Crippen LogP contribution in [0.25, 0.3) is 6.08 Å². The van der Waals surface area contributed by atoms with Crippen molar-refractivity contribution < 1.29 is 15.3 Å². The van der Waals surface area contributed by atoms with Crippen LogP contribution in [0, 0.1) is 11.8 Å². The standard InChI is InChI=1S/C21H32O3/c1-5-9-16(14-17-10-7-8-11-19(17)22)12-13-20(23)18(6-2)21(24)15(3)4/h6-8,10-11,14-15,18,20-24H,2,5,9,12-13H2,1,3-4H3/b16-14+/t18-,20-,21-/m1/s1. The Bertz CT molecular complexity index is 534. The van der Waals surface area contributed by atoms with Crippen LogP contribution in [0.2, 0.25) is 0 Å². The zero-order valence-electron chi connectivity index (χ0n) is 15.2. The second kappa shape index (κ2) is 10.3. The molecule has 1 aromatic rings. The number of rotatable bonds is 10. The van der Waals surface area contributed by atoms with Gasteiger partial charge in [0, 0.05) is 11.5 Å². The second-order valence-electron chi connectivity index (χ2n) is 6.77. The van der Waals surface area contributed by atoms with Gasteiger partial charge in [0.2, 0.25) is 0 Å². The summed E-state index contributed by atoms with van der Waals surface area (Å²) in [5, 5.41) is 30.6. The maximum absolute atomic E-state index is 10.5. The molecule has 0 bridgehead atoms. The maximum Gasteiger partial charge on any atom is 0.122 e. The Hall–Kier alpha value is -1.58. The molecule has 0 saturated heterocycles. The van der Waals surface area contributed by atoms with E-state index in [4.69, 9.17) is 0 Å². The Balaban J connectivity index is 2.79. The predicted octanol–water partition coefficient (Wildman–Crippen LogP) is 4.54. The topological polar surface area (TPSA) is 60.7 Å². The largest absolute Gasteiger partial charge is 0.507 e. The third kappa shape index (κ3) is 6.14. The minimum absolute atomic E-state index is 0.0783. The van der Waals surface area contributed by atoms with E-state index < -0.39 is 12.2 Å². The molecule has 134 valence electrons. The van der Waals surface area contributed by atoms with Crippen molar-refractivity contribution in [1.29, 1.82) is 0 Å². The summed E-state index contributed by atoms with van der Waals surface area (Å²) >= 11 is 0. The zero-order chi connectivity index (χ0) is 18.1. The molecule has 0 aromatic heterocycles. The van der Waals surface area contributed by atoms with Crippen LogP contribution in [-0.4, -0.2) is 27.5 Å². The highest BCUT2D eigenvalue weighted by Gasteiger charge is 2.26. The van der Waals surface area contributed by atoms with E-state index in [1.165, 1.54) is 5.57 Å². The molecule has 3 nitrogen and oxygen atoms in total. The van der Waals surface area contributed by atoms with Crippen LogP contribution >= 0.6 is 0 Å². The molecule has 3 heteroatoms. The molecule has 3 N–H and O–H groups in total. The summed E-state index contributed by atoms with van der Waals surface area (Å²) in [6.07, 6.45) is 5.69. The first-order valence-corrected chi connectivity index (χ1v) is 8.86. The molecule has 0 radical (unpaired) electrons. The highest BCUT2D eigenvalue weighted by Crippen LogP contribution is 2.26. The summed E-state index contributed by atoms with van der Waals surface area (Å²) < 4.78 is 0. The van der Waals surface area contributed by atoms with Gasteiger partial charge in [-0.1, -0.05) is 63.1 Å². The molecule has 0 heterocycles. The Morgan fingerprint density at radius 3 is 2.38 bits per heavy atom. The number of para-hydroxylation sites is 1. The fourth-order valence-electron chi connectivity index (χ4n) is 2.91. The van der Waals surface area contributed by atoms with Crippen LogP contribution in [0.4, 0.5) is 0 Å². The third-order valence-electron chi connectivity index (χ3n) is 4.42. The average molecular weight is 332 g/mol. The van der Waals surface area contributed by atoms with Gasteiger partial charge in [-0.15, -0.1) is 6.58 Å². The van der Waals surface area contributed by atoms with Crippen molar-refractivity contribution in [3.8, 4) is 5.75 Å². The van der Waals surface area contributed by atoms with E-state index in [0.29, 0.717) is 6.42 Å². The van der Waals surface area contributed by atoms with Crippen molar-refractivity contribution in [2.75, 3.05) is 0 Å². The summed E-state index contributed by atoms with van der Waals surface area (Å²) in [7, 11) is 0. The Kier molecular flexibility index (Phi) is 8.80. The maximum atomic E-state index is 10.5. The molecule has 0 spiro atoms. The summed E-state index contributed by atoms with van der Waals surface area (Å²) in [6, 6.07) is 7.27. The Morgan fingerprint density at radius 2 is 1.83 bits per heavy atom. The van der Waals surface area contributed by atoms with E-state index in [0.717, 1.165) is 24.8 Å². The van der Waals surface area contributed by atoms with Gasteiger partial charge >= 0.3 is 0 Å². The Labute approximate surface area is 146 Å². The average Bonchev–Trinajstić information content (AvgIpc) is 2.55. The number of benzene rings is 1. The van der Waals surface area contributed by atoms with E-state index in [9.17, 15) is 15.3 Å². The van der Waals surface area contributed by atoms with E-state index in [1.807, 2.05) is 32.1 Å². The van der Waals surface area contributed by atoms with Gasteiger partial charge in [0.1, 0.15) is 5.75 Å². The van der Waals surface area contributed by atoms with Crippen molar-refractivity contribution in [2.24, 2.45) is 11.8 Å². The minimum atomic E-state index is -0.621. The van der Waals surface area contributed by atoms with E-state index >= 15 is 0 Å². The van der Waals surface area contributed by atoms with Crippen molar-refractivity contribution in [2.45, 2.75) is 58.7 Å². The van der Waals surface area contributed by atoms with Crippen LogP contribution < -0.4 is 0 Å². The minimum Gasteiger partial charge on any atom is -0.507 e. The van der Waals surface area contributed by atoms with E-state index in [2.05, 4.69) is 13.5 Å². The van der Waals surface area contributed by atoms with Gasteiger partial charge in [0.25, 0.3) is 0 Å². The van der Waals surface area contributed by atoms with Crippen LogP contribution in [0.5, 0.6) is 5.75 Å². The van der Waals surface area contributed by atoms with Crippen molar-refractivity contribution in [3.05, 3.63) is 48.1 Å². The first-order valence-electron chi connectivity index (χ1n) is 8.86. The molecule has 0 unspecified atom stereocenters. The molecule has 0 aliphatic carbocycles. The summed E-state index contributed by atoms with van der Waals surface area (Å²) in [6.45, 7) is 9.75. The molecule has 0 aliphatic rings. The fraction of sp³-hybridized carbons (Fsp3) is 0.524. The summed E-state index contributed by atoms with van der Waals surface area (Å²) in [5.74, 6) is 0.0263. The molecular formula is C21H32O3. The lowest BCUT2D eigenvalue weighted by Crippen LogP contribution is -2.33. The number of aromatic hydroxyl groups is 1. The highest BCUT2D eigenvalue weighted by atomic mass is 16.3. The van der Waals surface area contributed by atoms with Crippen LogP contribution in [0.3, 0.4) is 0 Å². The zero-order valence-corrected chi connectivity index (χ0v) is 15.2. The van der Waals surface area contributed by atoms with Crippen molar-refractivity contribution in [1.82, 2.24) is 0 Å². The molecule has 0 saturated carbocycles. The number of phenolic OH excluding ortho intramolecular Hbond substituents is 1. The second-order valence-corrected chi connectivity index (χ2v) is 6.77. The molecule has 24 heavy (non-hydrogen) atoms. The number of phenols is 1. The number of aliphatic hydroxyl groups excluding tert-OH is 2. The van der Waals surface area contributed by atoms with Gasteiger partial charge in [-0.2, -0.15) is 0 Å². The van der Waals surface area contributed by atoms with E-state index in [1.54, 1.807) is 18.2 Å². The van der Waals surface area contributed by atoms with Gasteiger partial charge in [0.05, 0.1) is 12.2 Å². The lowest BCUT2D eigenvalue weighted by atomic mass is 9.86. The number of hydrogen-bond donors (Lipinski definition) is 3. The predicted molar refractivity (Wildman–Crippen MR) is 101 cm³/mol. The normalized spacial score (nSPS) is 16.0. The SMILES string of the molecule is C=C[C@H]([C@H](O)CC/C(=C/c1ccccc1O)CCC)[C@H](O)C(C)C. The number of hydrogen-bond acceptors (Lipinski definition) is 3. The van der Waals surface area contributed by atoms with Crippen molar-refractivity contribution in [3.63, 3.8) is 0 Å². The third-order valence-corrected chi connectivity index (χ3v) is 4.42. The molecular weight excluding hydrogens is 300 g/mol. The van der Waals surface area contributed by atoms with Gasteiger partial charge < -0.3 is 15.3 Å². The molecule has 0 amide bonds. The van der Waals surface area contributed by atoms with Crippen LogP contribution in [0.1, 0.15) is 52.0 Å². The first kappa shape index (κ1) is 20.5. The fourth-order valence-corrected chi connectivity index (χ4v) is 2.91. The van der Waals surface area contributed by atoms with Gasteiger partial charge in [0.15, 0.2) is 0 Å². The smallest absolute Gasteiger partial charge is 0.122 e. The van der Waals surface area contributed by atoms with Gasteiger partial charge in [-0.25, -0.2) is 0 Å². The monoisotopic (exact) mass is 332 g/mol. The molecule has 1 rings (SSSR count). The quantitative estimate of drug-likeness (QED) is 0.551. The van der Waals surface area contributed by atoms with E-state index in [-0.39, 0.29) is 17.6 Å². The number of aliphatic hydroxyl groups is 2. The molecule has 0 aliphatic heterocycles. The lowest BCUT2D eigenvalue weighted by Gasteiger charge is -2.27. The van der Waals surface area contributed by atoms with Gasteiger partial charge in [-0.3, -0.25) is 0 Å². The van der Waals surface area contributed by atoms with Gasteiger partial charge in [-0.05, 0) is 31.2 Å². The molecule has 3 atom stereocenters.